The fourth-order valence-corrected chi connectivity index (χ4v) is 1.66. The molecule has 1 atom stereocenters. The second-order valence-electron chi connectivity index (χ2n) is 3.55. The monoisotopic (exact) mass is 196 g/mol. The quantitative estimate of drug-likeness (QED) is 0.746. The summed E-state index contributed by atoms with van der Waals surface area (Å²) in [5, 5.41) is 7.35. The van der Waals surface area contributed by atoms with Crippen molar-refractivity contribution in [3.63, 3.8) is 0 Å². The molecule has 1 aromatic rings. The molecule has 0 radical (unpaired) electrons. The second kappa shape index (κ2) is 4.52. The van der Waals surface area contributed by atoms with Crippen molar-refractivity contribution in [1.29, 1.82) is 0 Å². The van der Waals surface area contributed by atoms with Crippen molar-refractivity contribution in [2.24, 2.45) is 0 Å². The van der Waals surface area contributed by atoms with Gasteiger partial charge in [0.05, 0.1) is 19.2 Å². The van der Waals surface area contributed by atoms with Gasteiger partial charge in [-0.3, -0.25) is 4.68 Å². The van der Waals surface area contributed by atoms with Crippen molar-refractivity contribution >= 4 is 0 Å². The summed E-state index contributed by atoms with van der Waals surface area (Å²) in [7, 11) is 1.89. The minimum absolute atomic E-state index is 0.333. The van der Waals surface area contributed by atoms with E-state index >= 15 is 0 Å². The zero-order chi connectivity index (χ0) is 9.80. The Balaban J connectivity index is 1.88. The molecule has 0 aromatic carbocycles. The lowest BCUT2D eigenvalue weighted by Crippen LogP contribution is -2.16. The third-order valence-corrected chi connectivity index (χ3v) is 2.33. The predicted octanol–water partition coefficient (Wildman–Crippen LogP) is 0.176. The highest BCUT2D eigenvalue weighted by Gasteiger charge is 2.16. The fourth-order valence-electron chi connectivity index (χ4n) is 1.66. The van der Waals surface area contributed by atoms with E-state index in [0.717, 1.165) is 31.9 Å². The van der Waals surface area contributed by atoms with E-state index in [1.807, 2.05) is 11.7 Å². The Morgan fingerprint density at radius 3 is 3.36 bits per heavy atom. The smallest absolute Gasteiger partial charge is 0.164 e. The van der Waals surface area contributed by atoms with E-state index in [9.17, 15) is 0 Å². The maximum absolute atomic E-state index is 5.52. The number of aromatic nitrogens is 3. The van der Waals surface area contributed by atoms with Crippen LogP contribution in [-0.4, -0.2) is 34.5 Å². The number of rotatable bonds is 4. The van der Waals surface area contributed by atoms with Gasteiger partial charge in [0.2, 0.25) is 0 Å². The van der Waals surface area contributed by atoms with Gasteiger partial charge in [-0.15, -0.1) is 0 Å². The SMILES string of the molecule is CNCc1ncn(CC2CCCO2)n1. The molecule has 0 amide bonds. The Kier molecular flexibility index (Phi) is 3.10. The van der Waals surface area contributed by atoms with Crippen LogP contribution in [-0.2, 0) is 17.8 Å². The van der Waals surface area contributed by atoms with E-state index in [0.29, 0.717) is 6.10 Å². The summed E-state index contributed by atoms with van der Waals surface area (Å²) in [5.74, 6) is 0.838. The molecular formula is C9H16N4O. The molecule has 0 bridgehead atoms. The molecule has 0 saturated carbocycles. The van der Waals surface area contributed by atoms with E-state index in [1.165, 1.54) is 6.42 Å². The Morgan fingerprint density at radius 1 is 1.71 bits per heavy atom. The molecule has 1 N–H and O–H groups in total. The summed E-state index contributed by atoms with van der Waals surface area (Å²) in [5.41, 5.74) is 0. The molecule has 1 aliphatic heterocycles. The summed E-state index contributed by atoms with van der Waals surface area (Å²) < 4.78 is 7.39. The number of ether oxygens (including phenoxy) is 1. The van der Waals surface area contributed by atoms with Crippen molar-refractivity contribution < 1.29 is 4.74 Å². The second-order valence-corrected chi connectivity index (χ2v) is 3.55. The molecule has 1 saturated heterocycles. The highest BCUT2D eigenvalue weighted by atomic mass is 16.5. The van der Waals surface area contributed by atoms with Crippen LogP contribution in [0.4, 0.5) is 0 Å². The first-order valence-corrected chi connectivity index (χ1v) is 5.03. The van der Waals surface area contributed by atoms with E-state index in [2.05, 4.69) is 15.4 Å². The molecule has 14 heavy (non-hydrogen) atoms. The topological polar surface area (TPSA) is 52.0 Å². The fraction of sp³-hybridized carbons (Fsp3) is 0.778. The van der Waals surface area contributed by atoms with Crippen LogP contribution in [0.1, 0.15) is 18.7 Å². The Hall–Kier alpha value is -0.940. The summed E-state index contributed by atoms with van der Waals surface area (Å²) in [6.45, 7) is 2.44. The summed E-state index contributed by atoms with van der Waals surface area (Å²) in [6.07, 6.45) is 4.41. The molecule has 5 heteroatoms. The minimum atomic E-state index is 0.333. The van der Waals surface area contributed by atoms with Crippen molar-refractivity contribution in [3.05, 3.63) is 12.2 Å². The molecule has 2 heterocycles. The van der Waals surface area contributed by atoms with Crippen molar-refractivity contribution in [1.82, 2.24) is 20.1 Å². The van der Waals surface area contributed by atoms with Crippen LogP contribution in [0.25, 0.3) is 0 Å². The number of nitrogens with one attached hydrogen (secondary N) is 1. The van der Waals surface area contributed by atoms with Gasteiger partial charge in [0.15, 0.2) is 5.82 Å². The lowest BCUT2D eigenvalue weighted by molar-refractivity contribution is 0.0938. The van der Waals surface area contributed by atoms with Gasteiger partial charge in [-0.1, -0.05) is 0 Å². The maximum Gasteiger partial charge on any atom is 0.164 e. The molecule has 0 aliphatic carbocycles. The van der Waals surface area contributed by atoms with Crippen molar-refractivity contribution in [2.75, 3.05) is 13.7 Å². The van der Waals surface area contributed by atoms with Crippen LogP contribution in [0.5, 0.6) is 0 Å². The molecule has 1 aliphatic rings. The summed E-state index contributed by atoms with van der Waals surface area (Å²) >= 11 is 0. The molecule has 5 nitrogen and oxygen atoms in total. The lowest BCUT2D eigenvalue weighted by Gasteiger charge is -2.07. The summed E-state index contributed by atoms with van der Waals surface area (Å²) in [4.78, 5) is 4.18. The van der Waals surface area contributed by atoms with Gasteiger partial charge >= 0.3 is 0 Å². The van der Waals surface area contributed by atoms with Crippen LogP contribution in [0.15, 0.2) is 6.33 Å². The molecule has 2 rings (SSSR count). The molecule has 0 spiro atoms. The van der Waals surface area contributed by atoms with Crippen LogP contribution in [0.3, 0.4) is 0 Å². The highest BCUT2D eigenvalue weighted by molar-refractivity contribution is 4.81. The van der Waals surface area contributed by atoms with Gasteiger partial charge < -0.3 is 10.1 Å². The Bertz CT molecular complexity index is 280. The highest BCUT2D eigenvalue weighted by Crippen LogP contribution is 2.13. The van der Waals surface area contributed by atoms with E-state index in [4.69, 9.17) is 4.74 Å². The third-order valence-electron chi connectivity index (χ3n) is 2.33. The average molecular weight is 196 g/mol. The number of nitrogens with zero attached hydrogens (tertiary/aromatic N) is 3. The van der Waals surface area contributed by atoms with Crippen LogP contribution >= 0.6 is 0 Å². The largest absolute Gasteiger partial charge is 0.376 e. The van der Waals surface area contributed by atoms with Crippen LogP contribution in [0, 0.1) is 0 Å². The van der Waals surface area contributed by atoms with E-state index < -0.39 is 0 Å². The molecule has 78 valence electrons. The average Bonchev–Trinajstić information content (AvgIpc) is 2.79. The van der Waals surface area contributed by atoms with Crippen molar-refractivity contribution in [3.8, 4) is 0 Å². The standard InChI is InChI=1S/C9H16N4O/c1-10-5-9-11-7-13(12-9)6-8-3-2-4-14-8/h7-8,10H,2-6H2,1H3. The Labute approximate surface area is 83.5 Å². The zero-order valence-corrected chi connectivity index (χ0v) is 8.44. The minimum Gasteiger partial charge on any atom is -0.376 e. The number of hydrogen-bond acceptors (Lipinski definition) is 4. The third kappa shape index (κ3) is 2.30. The zero-order valence-electron chi connectivity index (χ0n) is 8.44. The first-order valence-electron chi connectivity index (χ1n) is 5.03. The Morgan fingerprint density at radius 2 is 2.64 bits per heavy atom. The summed E-state index contributed by atoms with van der Waals surface area (Å²) in [6, 6.07) is 0. The molecule has 1 aromatic heterocycles. The number of hydrogen-bond donors (Lipinski definition) is 1. The lowest BCUT2D eigenvalue weighted by atomic mass is 10.2. The van der Waals surface area contributed by atoms with Gasteiger partial charge in [-0.2, -0.15) is 5.10 Å². The normalized spacial score (nSPS) is 21.6. The first kappa shape index (κ1) is 9.61. The molecule has 1 fully saturated rings. The predicted molar refractivity (Wildman–Crippen MR) is 51.8 cm³/mol. The van der Waals surface area contributed by atoms with Gasteiger partial charge in [0.25, 0.3) is 0 Å². The molecular weight excluding hydrogens is 180 g/mol. The van der Waals surface area contributed by atoms with Gasteiger partial charge in [0.1, 0.15) is 6.33 Å². The van der Waals surface area contributed by atoms with E-state index in [1.54, 1.807) is 6.33 Å². The van der Waals surface area contributed by atoms with E-state index in [-0.39, 0.29) is 0 Å². The van der Waals surface area contributed by atoms with Gasteiger partial charge in [-0.25, -0.2) is 4.98 Å². The van der Waals surface area contributed by atoms with Crippen molar-refractivity contribution in [2.45, 2.75) is 32.0 Å². The maximum atomic E-state index is 5.52. The first-order chi connectivity index (χ1) is 6.88. The van der Waals surface area contributed by atoms with Crippen LogP contribution in [0.2, 0.25) is 0 Å². The van der Waals surface area contributed by atoms with Crippen LogP contribution < -0.4 is 5.32 Å². The van der Waals surface area contributed by atoms with Gasteiger partial charge in [-0.05, 0) is 19.9 Å². The molecule has 1 unspecified atom stereocenters. The van der Waals surface area contributed by atoms with Gasteiger partial charge in [0, 0.05) is 6.61 Å².